The number of hydrogen-bond acceptors (Lipinski definition) is 3. The number of anilines is 1. The van der Waals surface area contributed by atoms with E-state index in [2.05, 4.69) is 35.4 Å². The zero-order chi connectivity index (χ0) is 22.8. The second-order valence-electron chi connectivity index (χ2n) is 7.73. The molecule has 166 valence electrons. The van der Waals surface area contributed by atoms with Crippen LogP contribution in [0.3, 0.4) is 0 Å². The Hall–Kier alpha value is -3.44. The highest BCUT2D eigenvalue weighted by molar-refractivity contribution is 6.01. The van der Waals surface area contributed by atoms with Crippen molar-refractivity contribution in [2.45, 2.75) is 32.9 Å². The lowest BCUT2D eigenvalue weighted by molar-refractivity contribution is -0.118. The largest absolute Gasteiger partial charge is 0.340 e. The van der Waals surface area contributed by atoms with Crippen molar-refractivity contribution >= 4 is 17.5 Å². The quantitative estimate of drug-likeness (QED) is 0.499. The number of hydrogen-bond donors (Lipinski definition) is 2. The molecule has 2 amide bonds. The van der Waals surface area contributed by atoms with E-state index in [0.717, 1.165) is 36.4 Å². The molecular weight excluding hydrogens is 398 g/mol. The summed E-state index contributed by atoms with van der Waals surface area (Å²) in [5.41, 5.74) is 3.38. The van der Waals surface area contributed by atoms with Crippen molar-refractivity contribution in [2.24, 2.45) is 0 Å². The number of amides is 2. The molecule has 5 nitrogen and oxygen atoms in total. The third-order valence-electron chi connectivity index (χ3n) is 5.44. The van der Waals surface area contributed by atoms with Gasteiger partial charge in [-0.1, -0.05) is 74.5 Å². The Morgan fingerprint density at radius 3 is 2.09 bits per heavy atom. The summed E-state index contributed by atoms with van der Waals surface area (Å²) >= 11 is 0. The highest BCUT2D eigenvalue weighted by Crippen LogP contribution is 2.14. The van der Waals surface area contributed by atoms with E-state index >= 15 is 0 Å². The van der Waals surface area contributed by atoms with E-state index in [1.165, 1.54) is 0 Å². The zero-order valence-corrected chi connectivity index (χ0v) is 18.8. The predicted octanol–water partition coefficient (Wildman–Crippen LogP) is 4.51. The van der Waals surface area contributed by atoms with Crippen molar-refractivity contribution in [3.8, 4) is 0 Å². The number of carbonyl (C=O) groups excluding carboxylic acids is 2. The molecule has 0 spiro atoms. The summed E-state index contributed by atoms with van der Waals surface area (Å²) < 4.78 is 0. The Morgan fingerprint density at radius 2 is 1.44 bits per heavy atom. The van der Waals surface area contributed by atoms with Crippen molar-refractivity contribution in [2.75, 3.05) is 18.4 Å². The third-order valence-corrected chi connectivity index (χ3v) is 5.44. The van der Waals surface area contributed by atoms with Crippen LogP contribution in [0, 0.1) is 0 Å². The van der Waals surface area contributed by atoms with E-state index < -0.39 is 6.04 Å². The zero-order valence-electron chi connectivity index (χ0n) is 18.8. The monoisotopic (exact) mass is 429 g/mol. The van der Waals surface area contributed by atoms with Crippen molar-refractivity contribution in [1.82, 2.24) is 10.2 Å². The standard InChI is InChI=1S/C27H31N3O2/c1-3-30(4-2)20-22-14-11-17-24(18-22)28-27(32)25(19-21-12-7-5-8-13-21)29-26(31)23-15-9-6-10-16-23/h5-18,25H,3-4,19-20H2,1-2H3,(H,28,32)(H,29,31). The van der Waals surface area contributed by atoms with Gasteiger partial charge in [-0.2, -0.15) is 0 Å². The molecule has 0 saturated heterocycles. The van der Waals surface area contributed by atoms with E-state index in [9.17, 15) is 9.59 Å². The Kier molecular flexibility index (Phi) is 8.58. The van der Waals surface area contributed by atoms with Crippen molar-refractivity contribution in [3.63, 3.8) is 0 Å². The van der Waals surface area contributed by atoms with Gasteiger partial charge >= 0.3 is 0 Å². The number of carbonyl (C=O) groups is 2. The van der Waals surface area contributed by atoms with Gasteiger partial charge < -0.3 is 10.6 Å². The Morgan fingerprint density at radius 1 is 0.812 bits per heavy atom. The number of nitrogens with one attached hydrogen (secondary N) is 2. The van der Waals surface area contributed by atoms with Gasteiger partial charge in [0.15, 0.2) is 0 Å². The van der Waals surface area contributed by atoms with E-state index in [1.54, 1.807) is 12.1 Å². The van der Waals surface area contributed by atoms with Crippen LogP contribution in [-0.4, -0.2) is 35.8 Å². The summed E-state index contributed by atoms with van der Waals surface area (Å²) in [6.45, 7) is 7.04. The fraction of sp³-hybridized carbons (Fsp3) is 0.259. The van der Waals surface area contributed by atoms with Crippen molar-refractivity contribution in [3.05, 3.63) is 102 Å². The minimum atomic E-state index is -0.698. The van der Waals surface area contributed by atoms with Crippen LogP contribution < -0.4 is 10.6 Å². The van der Waals surface area contributed by atoms with Gasteiger partial charge in [0.25, 0.3) is 5.91 Å². The number of nitrogens with zero attached hydrogens (tertiary/aromatic N) is 1. The minimum absolute atomic E-state index is 0.238. The second kappa shape index (κ2) is 11.8. The van der Waals surface area contributed by atoms with Gasteiger partial charge in [-0.05, 0) is 48.5 Å². The van der Waals surface area contributed by atoms with Crippen LogP contribution in [0.15, 0.2) is 84.9 Å². The lowest BCUT2D eigenvalue weighted by Crippen LogP contribution is -2.45. The van der Waals surface area contributed by atoms with Gasteiger partial charge in [-0.25, -0.2) is 0 Å². The summed E-state index contributed by atoms with van der Waals surface area (Å²) in [5, 5.41) is 5.90. The van der Waals surface area contributed by atoms with Crippen LogP contribution in [-0.2, 0) is 17.8 Å². The number of benzene rings is 3. The smallest absolute Gasteiger partial charge is 0.251 e. The average molecular weight is 430 g/mol. The molecule has 0 saturated carbocycles. The maximum atomic E-state index is 13.2. The van der Waals surface area contributed by atoms with Gasteiger partial charge in [-0.3, -0.25) is 14.5 Å². The van der Waals surface area contributed by atoms with Crippen LogP contribution in [0.25, 0.3) is 0 Å². The first-order valence-corrected chi connectivity index (χ1v) is 11.1. The van der Waals surface area contributed by atoms with Gasteiger partial charge in [0.05, 0.1) is 0 Å². The molecule has 3 aromatic carbocycles. The van der Waals surface area contributed by atoms with Crippen LogP contribution in [0.1, 0.15) is 35.3 Å². The molecule has 0 radical (unpaired) electrons. The maximum Gasteiger partial charge on any atom is 0.251 e. The molecule has 3 rings (SSSR count). The normalized spacial score (nSPS) is 11.7. The number of rotatable bonds is 10. The van der Waals surface area contributed by atoms with Crippen molar-refractivity contribution in [1.29, 1.82) is 0 Å². The topological polar surface area (TPSA) is 61.4 Å². The fourth-order valence-electron chi connectivity index (χ4n) is 3.57. The summed E-state index contributed by atoms with van der Waals surface area (Å²) in [6.07, 6.45) is 0.407. The lowest BCUT2D eigenvalue weighted by Gasteiger charge is -2.20. The first-order valence-electron chi connectivity index (χ1n) is 11.1. The lowest BCUT2D eigenvalue weighted by atomic mass is 10.0. The molecule has 0 aliphatic heterocycles. The predicted molar refractivity (Wildman–Crippen MR) is 130 cm³/mol. The molecule has 5 heteroatoms. The molecule has 32 heavy (non-hydrogen) atoms. The highest BCUT2D eigenvalue weighted by atomic mass is 16.2. The molecule has 0 aromatic heterocycles. The van der Waals surface area contributed by atoms with E-state index in [4.69, 9.17) is 0 Å². The molecule has 0 aliphatic rings. The summed E-state index contributed by atoms with van der Waals surface area (Å²) in [7, 11) is 0. The SMILES string of the molecule is CCN(CC)Cc1cccc(NC(=O)C(Cc2ccccc2)NC(=O)c2ccccc2)c1. The van der Waals surface area contributed by atoms with Gasteiger partial charge in [0.1, 0.15) is 6.04 Å². The summed E-state index contributed by atoms with van der Waals surface area (Å²) in [6, 6.07) is 25.8. The maximum absolute atomic E-state index is 13.2. The molecule has 0 fully saturated rings. The van der Waals surface area contributed by atoms with Gasteiger partial charge in [-0.15, -0.1) is 0 Å². The summed E-state index contributed by atoms with van der Waals surface area (Å²) in [4.78, 5) is 28.3. The molecule has 1 unspecified atom stereocenters. The average Bonchev–Trinajstić information content (AvgIpc) is 2.83. The summed E-state index contributed by atoms with van der Waals surface area (Å²) in [5.74, 6) is -0.505. The minimum Gasteiger partial charge on any atom is -0.340 e. The van der Waals surface area contributed by atoms with E-state index in [1.807, 2.05) is 66.7 Å². The Balaban J connectivity index is 1.75. The fourth-order valence-corrected chi connectivity index (χ4v) is 3.57. The molecular formula is C27H31N3O2. The molecule has 0 bridgehead atoms. The molecule has 1 atom stereocenters. The third kappa shape index (κ3) is 6.79. The van der Waals surface area contributed by atoms with Crippen LogP contribution in [0.2, 0.25) is 0 Å². The Bertz CT molecular complexity index is 1000. The molecule has 0 heterocycles. The van der Waals surface area contributed by atoms with E-state index in [0.29, 0.717) is 12.0 Å². The van der Waals surface area contributed by atoms with Gasteiger partial charge in [0, 0.05) is 24.2 Å². The van der Waals surface area contributed by atoms with Crippen LogP contribution >= 0.6 is 0 Å². The van der Waals surface area contributed by atoms with Crippen LogP contribution in [0.4, 0.5) is 5.69 Å². The molecule has 3 aromatic rings. The van der Waals surface area contributed by atoms with Crippen LogP contribution in [0.5, 0.6) is 0 Å². The first kappa shape index (κ1) is 23.2. The molecule has 0 aliphatic carbocycles. The van der Waals surface area contributed by atoms with Crippen molar-refractivity contribution < 1.29 is 9.59 Å². The second-order valence-corrected chi connectivity index (χ2v) is 7.73. The molecule has 2 N–H and O–H groups in total. The Labute approximate surface area is 190 Å². The van der Waals surface area contributed by atoms with Gasteiger partial charge in [0.2, 0.25) is 5.91 Å². The highest BCUT2D eigenvalue weighted by Gasteiger charge is 2.22. The van der Waals surface area contributed by atoms with E-state index in [-0.39, 0.29) is 11.8 Å². The first-order chi connectivity index (χ1) is 15.6.